The molecular formula is C12H16ClN. The lowest BCUT2D eigenvalue weighted by Crippen LogP contribution is -2.31. The smallest absolute Gasteiger partial charge is 0.0408 e. The Balaban J connectivity index is 2.03. The van der Waals surface area contributed by atoms with Gasteiger partial charge in [-0.25, -0.2) is 0 Å². The molecule has 1 unspecified atom stereocenters. The molecule has 0 spiro atoms. The molecule has 1 aromatic carbocycles. The SMILES string of the molecule is CC1(C(N)Cc2cccc(Cl)c2)CC1. The molecule has 0 bridgehead atoms. The van der Waals surface area contributed by atoms with Crippen molar-refractivity contribution in [2.75, 3.05) is 0 Å². The molecule has 0 aliphatic heterocycles. The topological polar surface area (TPSA) is 26.0 Å². The van der Waals surface area contributed by atoms with Crippen LogP contribution in [-0.2, 0) is 6.42 Å². The number of hydrogen-bond donors (Lipinski definition) is 1. The van der Waals surface area contributed by atoms with E-state index in [0.29, 0.717) is 5.41 Å². The van der Waals surface area contributed by atoms with E-state index in [9.17, 15) is 0 Å². The van der Waals surface area contributed by atoms with Gasteiger partial charge in [-0.05, 0) is 42.4 Å². The molecule has 1 aliphatic rings. The monoisotopic (exact) mass is 209 g/mol. The number of nitrogens with two attached hydrogens (primary N) is 1. The summed E-state index contributed by atoms with van der Waals surface area (Å²) in [4.78, 5) is 0. The summed E-state index contributed by atoms with van der Waals surface area (Å²) in [5.41, 5.74) is 7.79. The van der Waals surface area contributed by atoms with E-state index >= 15 is 0 Å². The molecule has 1 nitrogen and oxygen atoms in total. The molecule has 0 radical (unpaired) electrons. The third-order valence-electron chi connectivity index (χ3n) is 3.28. The summed E-state index contributed by atoms with van der Waals surface area (Å²) in [6.07, 6.45) is 3.49. The van der Waals surface area contributed by atoms with Crippen molar-refractivity contribution in [3.05, 3.63) is 34.9 Å². The van der Waals surface area contributed by atoms with E-state index in [4.69, 9.17) is 17.3 Å². The van der Waals surface area contributed by atoms with E-state index in [1.54, 1.807) is 0 Å². The molecule has 1 aromatic rings. The van der Waals surface area contributed by atoms with E-state index in [1.807, 2.05) is 18.2 Å². The number of benzene rings is 1. The van der Waals surface area contributed by atoms with E-state index < -0.39 is 0 Å². The normalized spacial score (nSPS) is 20.5. The summed E-state index contributed by atoms with van der Waals surface area (Å²) in [6, 6.07) is 8.26. The number of halogens is 1. The fraction of sp³-hybridized carbons (Fsp3) is 0.500. The Morgan fingerprint density at radius 3 is 2.79 bits per heavy atom. The van der Waals surface area contributed by atoms with Gasteiger partial charge in [0.2, 0.25) is 0 Å². The molecule has 0 heterocycles. The molecule has 14 heavy (non-hydrogen) atoms. The summed E-state index contributed by atoms with van der Waals surface area (Å²) >= 11 is 5.92. The Labute approximate surface area is 90.3 Å². The van der Waals surface area contributed by atoms with Gasteiger partial charge < -0.3 is 5.73 Å². The maximum Gasteiger partial charge on any atom is 0.0408 e. The first-order valence-corrected chi connectivity index (χ1v) is 5.48. The molecule has 2 rings (SSSR count). The minimum Gasteiger partial charge on any atom is -0.327 e. The van der Waals surface area contributed by atoms with Crippen molar-refractivity contribution < 1.29 is 0 Å². The largest absolute Gasteiger partial charge is 0.327 e. The Bertz CT molecular complexity index is 331. The van der Waals surface area contributed by atoms with Crippen molar-refractivity contribution in [2.45, 2.75) is 32.2 Å². The minimum absolute atomic E-state index is 0.279. The fourth-order valence-corrected chi connectivity index (χ4v) is 1.95. The molecule has 0 amide bonds. The Kier molecular flexibility index (Phi) is 2.54. The zero-order valence-electron chi connectivity index (χ0n) is 8.46. The average Bonchev–Trinajstić information content (AvgIpc) is 2.85. The highest BCUT2D eigenvalue weighted by Gasteiger charge is 2.42. The summed E-state index contributed by atoms with van der Waals surface area (Å²) in [7, 11) is 0. The van der Waals surface area contributed by atoms with Crippen LogP contribution in [0.2, 0.25) is 5.02 Å². The van der Waals surface area contributed by atoms with Gasteiger partial charge in [-0.2, -0.15) is 0 Å². The molecular weight excluding hydrogens is 194 g/mol. The van der Waals surface area contributed by atoms with Crippen molar-refractivity contribution in [2.24, 2.45) is 11.1 Å². The van der Waals surface area contributed by atoms with Gasteiger partial charge >= 0.3 is 0 Å². The van der Waals surface area contributed by atoms with Gasteiger partial charge in [0, 0.05) is 11.1 Å². The van der Waals surface area contributed by atoms with Crippen molar-refractivity contribution in [1.29, 1.82) is 0 Å². The van der Waals surface area contributed by atoms with Crippen LogP contribution in [-0.4, -0.2) is 6.04 Å². The van der Waals surface area contributed by atoms with Gasteiger partial charge in [-0.15, -0.1) is 0 Å². The van der Waals surface area contributed by atoms with E-state index in [0.717, 1.165) is 11.4 Å². The highest BCUT2D eigenvalue weighted by molar-refractivity contribution is 6.30. The van der Waals surface area contributed by atoms with Crippen molar-refractivity contribution >= 4 is 11.6 Å². The zero-order valence-corrected chi connectivity index (χ0v) is 9.22. The lowest BCUT2D eigenvalue weighted by Gasteiger charge is -2.18. The third-order valence-corrected chi connectivity index (χ3v) is 3.51. The van der Waals surface area contributed by atoms with Gasteiger partial charge in [0.1, 0.15) is 0 Å². The maximum atomic E-state index is 6.15. The standard InChI is InChI=1S/C12H16ClN/c1-12(5-6-12)11(14)8-9-3-2-4-10(13)7-9/h2-4,7,11H,5-6,8,14H2,1H3. The van der Waals surface area contributed by atoms with Crippen LogP contribution >= 0.6 is 11.6 Å². The first-order chi connectivity index (χ1) is 6.60. The van der Waals surface area contributed by atoms with Gasteiger partial charge in [0.15, 0.2) is 0 Å². The maximum absolute atomic E-state index is 6.15. The minimum atomic E-state index is 0.279. The van der Waals surface area contributed by atoms with Gasteiger partial charge in [0.25, 0.3) is 0 Å². The van der Waals surface area contributed by atoms with Gasteiger partial charge in [0.05, 0.1) is 0 Å². The average molecular weight is 210 g/mol. The number of hydrogen-bond acceptors (Lipinski definition) is 1. The van der Waals surface area contributed by atoms with E-state index in [2.05, 4.69) is 13.0 Å². The second kappa shape index (κ2) is 3.56. The lowest BCUT2D eigenvalue weighted by molar-refractivity contribution is 0.433. The summed E-state index contributed by atoms with van der Waals surface area (Å²) in [5, 5.41) is 0.802. The molecule has 76 valence electrons. The van der Waals surface area contributed by atoms with Gasteiger partial charge in [-0.3, -0.25) is 0 Å². The first kappa shape index (κ1) is 10.0. The summed E-state index contributed by atoms with van der Waals surface area (Å²) in [5.74, 6) is 0. The van der Waals surface area contributed by atoms with Crippen LogP contribution in [0.5, 0.6) is 0 Å². The van der Waals surface area contributed by atoms with Crippen LogP contribution in [0.25, 0.3) is 0 Å². The molecule has 1 atom stereocenters. The number of rotatable bonds is 3. The Morgan fingerprint density at radius 2 is 2.21 bits per heavy atom. The zero-order chi connectivity index (χ0) is 10.2. The first-order valence-electron chi connectivity index (χ1n) is 5.10. The predicted octanol–water partition coefficient (Wildman–Crippen LogP) is 3.01. The highest BCUT2D eigenvalue weighted by atomic mass is 35.5. The fourth-order valence-electron chi connectivity index (χ4n) is 1.73. The second-order valence-electron chi connectivity index (χ2n) is 4.59. The molecule has 1 aliphatic carbocycles. The van der Waals surface area contributed by atoms with E-state index in [1.165, 1.54) is 18.4 Å². The quantitative estimate of drug-likeness (QED) is 0.814. The highest BCUT2D eigenvalue weighted by Crippen LogP contribution is 2.48. The third kappa shape index (κ3) is 2.10. The van der Waals surface area contributed by atoms with Crippen LogP contribution < -0.4 is 5.73 Å². The second-order valence-corrected chi connectivity index (χ2v) is 5.03. The van der Waals surface area contributed by atoms with Crippen molar-refractivity contribution in [3.8, 4) is 0 Å². The van der Waals surface area contributed by atoms with E-state index in [-0.39, 0.29) is 6.04 Å². The van der Waals surface area contributed by atoms with Crippen LogP contribution in [0.15, 0.2) is 24.3 Å². The van der Waals surface area contributed by atoms with Gasteiger partial charge in [-0.1, -0.05) is 30.7 Å². The lowest BCUT2D eigenvalue weighted by atomic mass is 9.93. The van der Waals surface area contributed by atoms with Crippen LogP contribution in [0, 0.1) is 5.41 Å². The summed E-state index contributed by atoms with van der Waals surface area (Å²) in [6.45, 7) is 2.27. The Morgan fingerprint density at radius 1 is 1.50 bits per heavy atom. The van der Waals surface area contributed by atoms with Crippen LogP contribution in [0.4, 0.5) is 0 Å². The molecule has 2 N–H and O–H groups in total. The van der Waals surface area contributed by atoms with Crippen LogP contribution in [0.1, 0.15) is 25.3 Å². The van der Waals surface area contributed by atoms with Crippen molar-refractivity contribution in [1.82, 2.24) is 0 Å². The molecule has 0 aromatic heterocycles. The van der Waals surface area contributed by atoms with Crippen LogP contribution in [0.3, 0.4) is 0 Å². The Hall–Kier alpha value is -0.530. The molecule has 2 heteroatoms. The predicted molar refractivity (Wildman–Crippen MR) is 60.5 cm³/mol. The molecule has 0 saturated heterocycles. The summed E-state index contributed by atoms with van der Waals surface area (Å²) < 4.78 is 0. The van der Waals surface area contributed by atoms with Crippen molar-refractivity contribution in [3.63, 3.8) is 0 Å². The molecule has 1 saturated carbocycles. The molecule has 1 fully saturated rings.